The van der Waals surface area contributed by atoms with E-state index in [1.54, 1.807) is 4.57 Å². The zero-order chi connectivity index (χ0) is 12.3. The lowest BCUT2D eigenvalue weighted by Gasteiger charge is -2.23. The average molecular weight is 233 g/mol. The standard InChI is InChI=1S/C15H23NO/c1-3-7-13-10-14(11-16(2)15(13)17)12-8-5-4-6-9-12/h10-12H,3-9H2,1-2H3. The molecular weight excluding hydrogens is 210 g/mol. The second kappa shape index (κ2) is 5.52. The Morgan fingerprint density at radius 2 is 2.00 bits per heavy atom. The van der Waals surface area contributed by atoms with Crippen LogP contribution in [0.15, 0.2) is 17.1 Å². The molecule has 1 saturated carbocycles. The van der Waals surface area contributed by atoms with Gasteiger partial charge in [-0.15, -0.1) is 0 Å². The van der Waals surface area contributed by atoms with Gasteiger partial charge in [0.1, 0.15) is 0 Å². The Kier molecular flexibility index (Phi) is 4.03. The van der Waals surface area contributed by atoms with Crippen LogP contribution in [0.5, 0.6) is 0 Å². The minimum atomic E-state index is 0.186. The molecule has 1 heterocycles. The van der Waals surface area contributed by atoms with Crippen molar-refractivity contribution in [3.8, 4) is 0 Å². The van der Waals surface area contributed by atoms with Crippen LogP contribution in [0.2, 0.25) is 0 Å². The van der Waals surface area contributed by atoms with Crippen molar-refractivity contribution in [3.63, 3.8) is 0 Å². The molecular formula is C15H23NO. The highest BCUT2D eigenvalue weighted by atomic mass is 16.1. The minimum absolute atomic E-state index is 0.186. The molecule has 1 aliphatic rings. The molecule has 1 aromatic rings. The summed E-state index contributed by atoms with van der Waals surface area (Å²) < 4.78 is 1.77. The van der Waals surface area contributed by atoms with Crippen molar-refractivity contribution < 1.29 is 0 Å². The van der Waals surface area contributed by atoms with E-state index in [9.17, 15) is 4.79 Å². The smallest absolute Gasteiger partial charge is 0.253 e. The van der Waals surface area contributed by atoms with E-state index in [1.165, 1.54) is 37.7 Å². The molecule has 0 bridgehead atoms. The van der Waals surface area contributed by atoms with E-state index in [4.69, 9.17) is 0 Å². The summed E-state index contributed by atoms with van der Waals surface area (Å²) in [6.45, 7) is 2.13. The van der Waals surface area contributed by atoms with E-state index in [-0.39, 0.29) is 5.56 Å². The van der Waals surface area contributed by atoms with E-state index in [0.717, 1.165) is 18.4 Å². The minimum Gasteiger partial charge on any atom is -0.318 e. The summed E-state index contributed by atoms with van der Waals surface area (Å²) in [5.74, 6) is 0.686. The highest BCUT2D eigenvalue weighted by Gasteiger charge is 2.17. The maximum absolute atomic E-state index is 12.0. The van der Waals surface area contributed by atoms with Gasteiger partial charge in [-0.25, -0.2) is 0 Å². The zero-order valence-electron chi connectivity index (χ0n) is 11.0. The maximum Gasteiger partial charge on any atom is 0.253 e. The lowest BCUT2D eigenvalue weighted by Crippen LogP contribution is -2.22. The highest BCUT2D eigenvalue weighted by molar-refractivity contribution is 5.23. The SMILES string of the molecule is CCCc1cc(C2CCCCC2)cn(C)c1=O. The van der Waals surface area contributed by atoms with E-state index >= 15 is 0 Å². The van der Waals surface area contributed by atoms with Crippen LogP contribution in [-0.2, 0) is 13.5 Å². The van der Waals surface area contributed by atoms with Crippen molar-refractivity contribution in [2.45, 2.75) is 57.8 Å². The molecule has 2 rings (SSSR count). The third-order valence-corrected chi connectivity index (χ3v) is 3.87. The Labute approximate surface area is 104 Å². The van der Waals surface area contributed by atoms with Gasteiger partial charge in [-0.05, 0) is 36.8 Å². The predicted octanol–water partition coefficient (Wildman–Crippen LogP) is 3.39. The molecule has 0 N–H and O–H groups in total. The molecule has 1 aliphatic carbocycles. The van der Waals surface area contributed by atoms with Gasteiger partial charge in [-0.3, -0.25) is 4.79 Å². The number of nitrogens with zero attached hydrogens (tertiary/aromatic N) is 1. The number of hydrogen-bond acceptors (Lipinski definition) is 1. The quantitative estimate of drug-likeness (QED) is 0.784. The van der Waals surface area contributed by atoms with Crippen LogP contribution < -0.4 is 5.56 Å². The van der Waals surface area contributed by atoms with Crippen molar-refractivity contribution in [2.75, 3.05) is 0 Å². The summed E-state index contributed by atoms with van der Waals surface area (Å²) in [6.07, 6.45) is 10.7. The van der Waals surface area contributed by atoms with Crippen LogP contribution in [0.25, 0.3) is 0 Å². The Hall–Kier alpha value is -1.05. The van der Waals surface area contributed by atoms with Crippen molar-refractivity contribution in [2.24, 2.45) is 7.05 Å². The van der Waals surface area contributed by atoms with E-state index in [0.29, 0.717) is 5.92 Å². The maximum atomic E-state index is 12.0. The monoisotopic (exact) mass is 233 g/mol. The molecule has 0 unspecified atom stereocenters. The molecule has 1 aromatic heterocycles. The van der Waals surface area contributed by atoms with Crippen molar-refractivity contribution in [1.29, 1.82) is 0 Å². The van der Waals surface area contributed by atoms with Crippen LogP contribution in [-0.4, -0.2) is 4.57 Å². The molecule has 17 heavy (non-hydrogen) atoms. The van der Waals surface area contributed by atoms with Crippen LogP contribution in [0.4, 0.5) is 0 Å². The Morgan fingerprint density at radius 1 is 1.29 bits per heavy atom. The molecule has 0 aromatic carbocycles. The molecule has 2 nitrogen and oxygen atoms in total. The first kappa shape index (κ1) is 12.4. The van der Waals surface area contributed by atoms with Gasteiger partial charge in [0.05, 0.1) is 0 Å². The fraction of sp³-hybridized carbons (Fsp3) is 0.667. The van der Waals surface area contributed by atoms with Gasteiger partial charge in [0.15, 0.2) is 0 Å². The molecule has 0 radical (unpaired) electrons. The van der Waals surface area contributed by atoms with Crippen LogP contribution in [0, 0.1) is 0 Å². The summed E-state index contributed by atoms with van der Waals surface area (Å²) >= 11 is 0. The number of pyridine rings is 1. The normalized spacial score (nSPS) is 17.3. The Morgan fingerprint density at radius 3 is 2.65 bits per heavy atom. The largest absolute Gasteiger partial charge is 0.318 e. The number of aryl methyl sites for hydroxylation is 2. The molecule has 0 atom stereocenters. The number of rotatable bonds is 3. The molecule has 0 aliphatic heterocycles. The molecule has 2 heteroatoms. The second-order valence-corrected chi connectivity index (χ2v) is 5.30. The van der Waals surface area contributed by atoms with Gasteiger partial charge in [0, 0.05) is 18.8 Å². The predicted molar refractivity (Wildman–Crippen MR) is 71.5 cm³/mol. The van der Waals surface area contributed by atoms with Gasteiger partial charge < -0.3 is 4.57 Å². The summed E-state index contributed by atoms with van der Waals surface area (Å²) in [5.41, 5.74) is 2.57. The summed E-state index contributed by atoms with van der Waals surface area (Å²) in [5, 5.41) is 0. The van der Waals surface area contributed by atoms with E-state index < -0.39 is 0 Å². The van der Waals surface area contributed by atoms with E-state index in [1.807, 2.05) is 7.05 Å². The first-order chi connectivity index (χ1) is 8.22. The van der Waals surface area contributed by atoms with Gasteiger partial charge in [0.2, 0.25) is 0 Å². The average Bonchev–Trinajstić information content (AvgIpc) is 2.36. The summed E-state index contributed by atoms with van der Waals surface area (Å²) in [4.78, 5) is 12.0. The second-order valence-electron chi connectivity index (χ2n) is 5.30. The number of aromatic nitrogens is 1. The Balaban J connectivity index is 2.30. The van der Waals surface area contributed by atoms with Crippen molar-refractivity contribution >= 4 is 0 Å². The highest BCUT2D eigenvalue weighted by Crippen LogP contribution is 2.32. The van der Waals surface area contributed by atoms with Crippen molar-refractivity contribution in [1.82, 2.24) is 4.57 Å². The molecule has 94 valence electrons. The molecule has 0 amide bonds. The molecule has 1 fully saturated rings. The van der Waals surface area contributed by atoms with Gasteiger partial charge in [0.25, 0.3) is 5.56 Å². The molecule has 0 saturated heterocycles. The van der Waals surface area contributed by atoms with Crippen LogP contribution >= 0.6 is 0 Å². The fourth-order valence-corrected chi connectivity index (χ4v) is 2.92. The summed E-state index contributed by atoms with van der Waals surface area (Å²) in [6, 6.07) is 2.17. The third kappa shape index (κ3) is 2.80. The number of hydrogen-bond donors (Lipinski definition) is 0. The lowest BCUT2D eigenvalue weighted by molar-refractivity contribution is 0.441. The first-order valence-corrected chi connectivity index (χ1v) is 6.92. The first-order valence-electron chi connectivity index (χ1n) is 6.92. The van der Waals surface area contributed by atoms with Crippen LogP contribution in [0.1, 0.15) is 62.5 Å². The van der Waals surface area contributed by atoms with Gasteiger partial charge in [-0.2, -0.15) is 0 Å². The topological polar surface area (TPSA) is 22.0 Å². The summed E-state index contributed by atoms with van der Waals surface area (Å²) in [7, 11) is 1.88. The zero-order valence-corrected chi connectivity index (χ0v) is 11.0. The van der Waals surface area contributed by atoms with Crippen LogP contribution in [0.3, 0.4) is 0 Å². The van der Waals surface area contributed by atoms with Gasteiger partial charge >= 0.3 is 0 Å². The third-order valence-electron chi connectivity index (χ3n) is 3.87. The molecule has 0 spiro atoms. The fourth-order valence-electron chi connectivity index (χ4n) is 2.92. The van der Waals surface area contributed by atoms with Crippen molar-refractivity contribution in [3.05, 3.63) is 33.7 Å². The Bertz CT molecular complexity index is 427. The lowest BCUT2D eigenvalue weighted by atomic mass is 9.84. The van der Waals surface area contributed by atoms with E-state index in [2.05, 4.69) is 19.2 Å². The van der Waals surface area contributed by atoms with Gasteiger partial charge in [-0.1, -0.05) is 32.6 Å².